The number of benzene rings is 1. The molecule has 0 saturated carbocycles. The van der Waals surface area contributed by atoms with Gasteiger partial charge in [0, 0.05) is 37.6 Å². The number of urea groups is 1. The number of carbonyl (C=O) groups excluding carboxylic acids is 2. The van der Waals surface area contributed by atoms with Crippen LogP contribution in [0.3, 0.4) is 0 Å². The maximum absolute atomic E-state index is 12.5. The van der Waals surface area contributed by atoms with E-state index in [1.54, 1.807) is 21.3 Å². The summed E-state index contributed by atoms with van der Waals surface area (Å²) in [6.07, 6.45) is 0.326. The summed E-state index contributed by atoms with van der Waals surface area (Å²) in [6, 6.07) is 4.71. The highest BCUT2D eigenvalue weighted by Gasteiger charge is 2.52. The van der Waals surface area contributed by atoms with Gasteiger partial charge in [-0.05, 0) is 32.4 Å². The largest absolute Gasteiger partial charge is 0.497 e. The second-order valence-corrected chi connectivity index (χ2v) is 7.73. The van der Waals surface area contributed by atoms with Gasteiger partial charge in [0.2, 0.25) is 5.96 Å². The molecule has 0 bridgehead atoms. The molecular formula is C21H28N6O4. The van der Waals surface area contributed by atoms with Gasteiger partial charge in [-0.15, -0.1) is 0 Å². The zero-order chi connectivity index (χ0) is 22.3. The summed E-state index contributed by atoms with van der Waals surface area (Å²) in [5.74, 6) is 1.88. The van der Waals surface area contributed by atoms with Gasteiger partial charge >= 0.3 is 6.03 Å². The van der Waals surface area contributed by atoms with Gasteiger partial charge in [0.15, 0.2) is 12.2 Å². The standard InChI is InChI=1S/C21H28N6O4/c1-12-13(2)27-17-18(25(3)21(29)24-19(17)28)23-20(27)26(12)10-6-9-22-15-8-7-14(30-4)11-16(15)31-5/h7-8,11,17-18,22H,6,9-10H2,1-5H3,(H,24,28,29). The van der Waals surface area contributed by atoms with Crippen molar-refractivity contribution in [2.24, 2.45) is 4.99 Å². The van der Waals surface area contributed by atoms with Gasteiger partial charge in [0.25, 0.3) is 5.91 Å². The molecule has 0 aliphatic carbocycles. The lowest BCUT2D eigenvalue weighted by Crippen LogP contribution is -2.63. The van der Waals surface area contributed by atoms with E-state index < -0.39 is 18.2 Å². The van der Waals surface area contributed by atoms with E-state index in [4.69, 9.17) is 14.5 Å². The van der Waals surface area contributed by atoms with Crippen LogP contribution in [0.2, 0.25) is 0 Å². The van der Waals surface area contributed by atoms with Crippen molar-refractivity contribution in [1.82, 2.24) is 20.0 Å². The van der Waals surface area contributed by atoms with Crippen LogP contribution in [0.25, 0.3) is 0 Å². The molecule has 10 heteroatoms. The molecule has 2 atom stereocenters. The summed E-state index contributed by atoms with van der Waals surface area (Å²) < 4.78 is 10.7. The average molecular weight is 428 g/mol. The molecule has 0 spiro atoms. The number of imide groups is 1. The second kappa shape index (κ2) is 8.01. The fourth-order valence-electron chi connectivity index (χ4n) is 4.20. The van der Waals surface area contributed by atoms with E-state index in [1.165, 1.54) is 4.90 Å². The number of methoxy groups -OCH3 is 2. The minimum absolute atomic E-state index is 0.311. The molecule has 0 radical (unpaired) electrons. The van der Waals surface area contributed by atoms with Crippen molar-refractivity contribution in [1.29, 1.82) is 0 Å². The lowest BCUT2D eigenvalue weighted by atomic mass is 10.1. The fraction of sp³-hybridized carbons (Fsp3) is 0.476. The summed E-state index contributed by atoms with van der Waals surface area (Å²) in [4.78, 5) is 34.8. The summed E-state index contributed by atoms with van der Waals surface area (Å²) >= 11 is 0. The Balaban J connectivity index is 1.43. The molecule has 2 N–H and O–H groups in total. The molecule has 1 saturated heterocycles. The molecule has 2 unspecified atom stereocenters. The molecule has 10 nitrogen and oxygen atoms in total. The third-order valence-electron chi connectivity index (χ3n) is 6.05. The van der Waals surface area contributed by atoms with E-state index in [9.17, 15) is 9.59 Å². The first kappa shape index (κ1) is 20.8. The van der Waals surface area contributed by atoms with Crippen LogP contribution in [0.4, 0.5) is 10.5 Å². The van der Waals surface area contributed by atoms with Gasteiger partial charge in [0.1, 0.15) is 11.5 Å². The summed E-state index contributed by atoms with van der Waals surface area (Å²) in [5.41, 5.74) is 2.94. The number of rotatable bonds is 7. The lowest BCUT2D eigenvalue weighted by Gasteiger charge is -2.35. The average Bonchev–Trinajstić information content (AvgIpc) is 3.26. The van der Waals surface area contributed by atoms with Crippen LogP contribution < -0.4 is 20.1 Å². The van der Waals surface area contributed by atoms with E-state index in [1.807, 2.05) is 36.9 Å². The van der Waals surface area contributed by atoms with Crippen molar-refractivity contribution in [3.8, 4) is 11.5 Å². The predicted molar refractivity (Wildman–Crippen MR) is 116 cm³/mol. The smallest absolute Gasteiger partial charge is 0.325 e. The highest BCUT2D eigenvalue weighted by atomic mass is 16.5. The third kappa shape index (κ3) is 3.41. The van der Waals surface area contributed by atoms with Crippen molar-refractivity contribution in [3.05, 3.63) is 29.6 Å². The van der Waals surface area contributed by atoms with Crippen LogP contribution in [0, 0.1) is 0 Å². The Kier molecular flexibility index (Phi) is 5.38. The van der Waals surface area contributed by atoms with Gasteiger partial charge in [-0.2, -0.15) is 0 Å². The number of ether oxygens (including phenoxy) is 2. The van der Waals surface area contributed by atoms with Gasteiger partial charge in [-0.1, -0.05) is 0 Å². The van der Waals surface area contributed by atoms with Gasteiger partial charge in [0.05, 0.1) is 19.9 Å². The van der Waals surface area contributed by atoms with Crippen LogP contribution in [0.5, 0.6) is 11.5 Å². The van der Waals surface area contributed by atoms with E-state index in [-0.39, 0.29) is 5.91 Å². The molecule has 3 amide bonds. The number of hydrogen-bond donors (Lipinski definition) is 2. The number of carbonyl (C=O) groups is 2. The molecule has 4 rings (SSSR count). The fourth-order valence-corrected chi connectivity index (χ4v) is 4.20. The summed E-state index contributed by atoms with van der Waals surface area (Å²) in [7, 11) is 4.91. The molecule has 31 heavy (non-hydrogen) atoms. The minimum Gasteiger partial charge on any atom is -0.497 e. The Labute approximate surface area is 181 Å². The first-order chi connectivity index (χ1) is 14.9. The molecule has 1 fully saturated rings. The van der Waals surface area contributed by atoms with E-state index in [0.717, 1.165) is 54.1 Å². The van der Waals surface area contributed by atoms with E-state index in [0.29, 0.717) is 0 Å². The zero-order valence-electron chi connectivity index (χ0n) is 18.4. The van der Waals surface area contributed by atoms with Crippen molar-refractivity contribution in [3.63, 3.8) is 0 Å². The quantitative estimate of drug-likeness (QED) is 0.637. The van der Waals surface area contributed by atoms with Crippen molar-refractivity contribution in [2.45, 2.75) is 32.5 Å². The third-order valence-corrected chi connectivity index (χ3v) is 6.05. The topological polar surface area (TPSA) is 98.7 Å². The van der Waals surface area contributed by atoms with Crippen LogP contribution >= 0.6 is 0 Å². The molecular weight excluding hydrogens is 400 g/mol. The molecule has 3 aliphatic heterocycles. The van der Waals surface area contributed by atoms with Crippen LogP contribution in [-0.2, 0) is 4.79 Å². The number of guanidine groups is 1. The Morgan fingerprint density at radius 1 is 1.16 bits per heavy atom. The van der Waals surface area contributed by atoms with Gasteiger partial charge in [-0.3, -0.25) is 15.0 Å². The lowest BCUT2D eigenvalue weighted by molar-refractivity contribution is -0.126. The van der Waals surface area contributed by atoms with Crippen molar-refractivity contribution in [2.75, 3.05) is 39.7 Å². The number of anilines is 1. The molecule has 166 valence electrons. The maximum atomic E-state index is 12.5. The number of likely N-dealkylation sites (N-methyl/N-ethyl adjacent to an activating group) is 1. The number of fused-ring (bicyclic) bond motifs is 3. The Morgan fingerprint density at radius 3 is 2.65 bits per heavy atom. The first-order valence-electron chi connectivity index (χ1n) is 10.2. The second-order valence-electron chi connectivity index (χ2n) is 7.73. The normalized spacial score (nSPS) is 22.4. The Bertz CT molecular complexity index is 975. The number of allylic oxidation sites excluding steroid dienone is 2. The van der Waals surface area contributed by atoms with Crippen LogP contribution in [-0.4, -0.2) is 79.2 Å². The van der Waals surface area contributed by atoms with Gasteiger partial charge in [-0.25, -0.2) is 9.79 Å². The van der Waals surface area contributed by atoms with Gasteiger partial charge < -0.3 is 24.6 Å². The van der Waals surface area contributed by atoms with Crippen molar-refractivity contribution < 1.29 is 19.1 Å². The number of aliphatic imine (C=N–C) groups is 1. The summed E-state index contributed by atoms with van der Waals surface area (Å²) in [5, 5.41) is 5.82. The summed E-state index contributed by atoms with van der Waals surface area (Å²) in [6.45, 7) is 5.46. The van der Waals surface area contributed by atoms with E-state index in [2.05, 4.69) is 15.5 Å². The molecule has 1 aromatic rings. The molecule has 0 aromatic heterocycles. The van der Waals surface area contributed by atoms with Crippen molar-refractivity contribution >= 4 is 23.6 Å². The minimum atomic E-state index is -0.528. The molecule has 3 aliphatic rings. The number of nitrogens with one attached hydrogen (secondary N) is 2. The SMILES string of the molecule is COc1ccc(NCCCN2C3=NC4C(C(=O)NC(=O)N4C)N3C(C)=C2C)c(OC)c1. The van der Waals surface area contributed by atoms with Crippen LogP contribution in [0.1, 0.15) is 20.3 Å². The monoisotopic (exact) mass is 428 g/mol. The molecule has 1 aromatic carbocycles. The highest BCUT2D eigenvalue weighted by molar-refractivity contribution is 6.05. The number of hydrogen-bond acceptors (Lipinski definition) is 8. The maximum Gasteiger partial charge on any atom is 0.325 e. The number of amides is 3. The van der Waals surface area contributed by atoms with E-state index >= 15 is 0 Å². The Morgan fingerprint density at radius 2 is 1.94 bits per heavy atom. The molecule has 3 heterocycles. The highest BCUT2D eigenvalue weighted by Crippen LogP contribution is 2.36. The Hall–Kier alpha value is -3.43. The predicted octanol–water partition coefficient (Wildman–Crippen LogP) is 1.62. The number of nitrogens with zero attached hydrogens (tertiary/aromatic N) is 4. The first-order valence-corrected chi connectivity index (χ1v) is 10.2. The zero-order valence-corrected chi connectivity index (χ0v) is 18.4. The van der Waals surface area contributed by atoms with Crippen LogP contribution in [0.15, 0.2) is 34.6 Å².